The summed E-state index contributed by atoms with van der Waals surface area (Å²) in [4.78, 5) is 17.4. The van der Waals surface area contributed by atoms with Crippen molar-refractivity contribution in [2.24, 2.45) is 0 Å². The van der Waals surface area contributed by atoms with E-state index in [4.69, 9.17) is 0 Å². The zero-order chi connectivity index (χ0) is 14.4. The van der Waals surface area contributed by atoms with Crippen molar-refractivity contribution >= 4 is 28.1 Å². The summed E-state index contributed by atoms with van der Waals surface area (Å²) in [6, 6.07) is 9.87. The van der Waals surface area contributed by atoms with E-state index < -0.39 is 0 Å². The molecule has 0 bridgehead atoms. The van der Waals surface area contributed by atoms with E-state index in [0.29, 0.717) is 18.2 Å². The van der Waals surface area contributed by atoms with Gasteiger partial charge in [0, 0.05) is 24.5 Å². The minimum absolute atomic E-state index is 0.0809. The zero-order valence-corrected chi connectivity index (χ0v) is 12.1. The Bertz CT molecular complexity index is 557. The largest absolute Gasteiger partial charge is 0.395 e. The molecule has 20 heavy (non-hydrogen) atoms. The van der Waals surface area contributed by atoms with Crippen LogP contribution in [0.25, 0.3) is 0 Å². The number of aliphatic hydroxyl groups is 1. The summed E-state index contributed by atoms with van der Waals surface area (Å²) in [6.45, 7) is 2.68. The Labute approximate surface area is 121 Å². The maximum atomic E-state index is 11.0. The number of nitrogens with one attached hydrogen (secondary N) is 1. The number of hydrogen-bond acceptors (Lipinski definition) is 5. The number of aromatic nitrogens is 1. The summed E-state index contributed by atoms with van der Waals surface area (Å²) >= 11 is 1.40. The average Bonchev–Trinajstić information content (AvgIpc) is 2.86. The van der Waals surface area contributed by atoms with Gasteiger partial charge in [0.05, 0.1) is 18.8 Å². The Morgan fingerprint density at radius 3 is 2.80 bits per heavy atom. The van der Waals surface area contributed by atoms with E-state index in [1.54, 1.807) is 0 Å². The van der Waals surface area contributed by atoms with Crippen molar-refractivity contribution in [3.05, 3.63) is 41.4 Å². The topological polar surface area (TPSA) is 65.5 Å². The summed E-state index contributed by atoms with van der Waals surface area (Å²) in [7, 11) is 0. The van der Waals surface area contributed by atoms with Gasteiger partial charge in [0.1, 0.15) is 0 Å². The lowest BCUT2D eigenvalue weighted by Crippen LogP contribution is -2.26. The third kappa shape index (κ3) is 4.04. The summed E-state index contributed by atoms with van der Waals surface area (Å²) in [5, 5.41) is 14.4. The van der Waals surface area contributed by atoms with Crippen LogP contribution in [0.2, 0.25) is 0 Å². The van der Waals surface area contributed by atoms with Crippen LogP contribution in [0.5, 0.6) is 0 Å². The molecule has 2 N–H and O–H groups in total. The van der Waals surface area contributed by atoms with Crippen molar-refractivity contribution in [3.63, 3.8) is 0 Å². The van der Waals surface area contributed by atoms with Crippen LogP contribution in [0, 0.1) is 0 Å². The van der Waals surface area contributed by atoms with Crippen LogP contribution in [0.15, 0.2) is 35.7 Å². The summed E-state index contributed by atoms with van der Waals surface area (Å²) in [6.07, 6.45) is 0. The Morgan fingerprint density at radius 2 is 2.15 bits per heavy atom. The van der Waals surface area contributed by atoms with Gasteiger partial charge in [-0.25, -0.2) is 4.98 Å². The molecular formula is C14H17N3O2S. The molecule has 1 aromatic carbocycles. The minimum Gasteiger partial charge on any atom is -0.395 e. The summed E-state index contributed by atoms with van der Waals surface area (Å²) < 4.78 is 0. The van der Waals surface area contributed by atoms with E-state index in [1.807, 2.05) is 40.6 Å². The number of carbonyl (C=O) groups is 1. The molecule has 0 aliphatic heterocycles. The van der Waals surface area contributed by atoms with Gasteiger partial charge in [0.2, 0.25) is 5.91 Å². The van der Waals surface area contributed by atoms with Crippen molar-refractivity contribution in [1.82, 2.24) is 4.98 Å². The first kappa shape index (κ1) is 14.5. The fourth-order valence-electron chi connectivity index (χ4n) is 1.84. The summed E-state index contributed by atoms with van der Waals surface area (Å²) in [5.74, 6) is -0.124. The highest BCUT2D eigenvalue weighted by atomic mass is 32.1. The van der Waals surface area contributed by atoms with E-state index in [1.165, 1.54) is 18.3 Å². The number of anilines is 2. The maximum absolute atomic E-state index is 11.0. The van der Waals surface area contributed by atoms with E-state index in [-0.39, 0.29) is 12.5 Å². The molecule has 0 spiro atoms. The molecule has 0 aliphatic rings. The molecule has 0 atom stereocenters. The van der Waals surface area contributed by atoms with Gasteiger partial charge >= 0.3 is 0 Å². The van der Waals surface area contributed by atoms with Crippen molar-refractivity contribution in [2.75, 3.05) is 23.4 Å². The van der Waals surface area contributed by atoms with Crippen LogP contribution in [-0.2, 0) is 11.3 Å². The molecule has 2 rings (SSSR count). The molecular weight excluding hydrogens is 274 g/mol. The summed E-state index contributed by atoms with van der Waals surface area (Å²) in [5.41, 5.74) is 1.91. The van der Waals surface area contributed by atoms with Crippen LogP contribution in [0.1, 0.15) is 12.6 Å². The predicted molar refractivity (Wildman–Crippen MR) is 81.0 cm³/mol. The Morgan fingerprint density at radius 1 is 1.40 bits per heavy atom. The highest BCUT2D eigenvalue weighted by molar-refractivity contribution is 7.13. The third-order valence-corrected chi connectivity index (χ3v) is 3.49. The molecule has 5 nitrogen and oxygen atoms in total. The van der Waals surface area contributed by atoms with Gasteiger partial charge in [0.25, 0.3) is 0 Å². The number of rotatable bonds is 6. The lowest BCUT2D eigenvalue weighted by molar-refractivity contribution is -0.114. The number of carbonyl (C=O) groups excluding carboxylic acids is 1. The quantitative estimate of drug-likeness (QED) is 0.855. The van der Waals surface area contributed by atoms with Gasteiger partial charge < -0.3 is 15.3 Å². The molecule has 1 heterocycles. The van der Waals surface area contributed by atoms with Crippen LogP contribution < -0.4 is 10.2 Å². The molecule has 0 aliphatic carbocycles. The number of benzene rings is 1. The first-order valence-corrected chi connectivity index (χ1v) is 7.20. The van der Waals surface area contributed by atoms with Crippen LogP contribution in [0.3, 0.4) is 0 Å². The number of nitrogens with zero attached hydrogens (tertiary/aromatic N) is 2. The predicted octanol–water partition coefficient (Wildman–Crippen LogP) is 2.10. The second kappa shape index (κ2) is 7.02. The number of para-hydroxylation sites is 1. The number of aliphatic hydroxyl groups excluding tert-OH is 1. The van der Waals surface area contributed by atoms with E-state index in [9.17, 15) is 9.90 Å². The zero-order valence-electron chi connectivity index (χ0n) is 11.2. The van der Waals surface area contributed by atoms with Gasteiger partial charge in [-0.2, -0.15) is 0 Å². The van der Waals surface area contributed by atoms with Crippen molar-refractivity contribution in [3.8, 4) is 0 Å². The van der Waals surface area contributed by atoms with Gasteiger partial charge in [0.15, 0.2) is 5.13 Å². The molecule has 2 aromatic rings. The fraction of sp³-hybridized carbons (Fsp3) is 0.286. The van der Waals surface area contributed by atoms with Gasteiger partial charge in [-0.3, -0.25) is 4.79 Å². The lowest BCUT2D eigenvalue weighted by atomic mass is 10.2. The van der Waals surface area contributed by atoms with E-state index >= 15 is 0 Å². The van der Waals surface area contributed by atoms with E-state index in [2.05, 4.69) is 10.3 Å². The van der Waals surface area contributed by atoms with Gasteiger partial charge in [-0.1, -0.05) is 18.2 Å². The lowest BCUT2D eigenvalue weighted by Gasteiger charge is -2.22. The molecule has 0 radical (unpaired) electrons. The number of thiazole rings is 1. The average molecular weight is 291 g/mol. The number of amides is 1. The van der Waals surface area contributed by atoms with E-state index in [0.717, 1.165) is 11.4 Å². The molecule has 0 unspecified atom stereocenters. The third-order valence-electron chi connectivity index (χ3n) is 2.68. The van der Waals surface area contributed by atoms with Crippen molar-refractivity contribution in [1.29, 1.82) is 0 Å². The molecule has 106 valence electrons. The maximum Gasteiger partial charge on any atom is 0.223 e. The molecule has 0 fully saturated rings. The monoisotopic (exact) mass is 291 g/mol. The van der Waals surface area contributed by atoms with Crippen molar-refractivity contribution in [2.45, 2.75) is 13.5 Å². The normalized spacial score (nSPS) is 10.3. The van der Waals surface area contributed by atoms with Gasteiger partial charge in [-0.05, 0) is 12.1 Å². The van der Waals surface area contributed by atoms with Crippen LogP contribution in [0.4, 0.5) is 10.8 Å². The highest BCUT2D eigenvalue weighted by Crippen LogP contribution is 2.20. The molecule has 6 heteroatoms. The Hall–Kier alpha value is -1.92. The second-order valence-electron chi connectivity index (χ2n) is 4.31. The van der Waals surface area contributed by atoms with Crippen molar-refractivity contribution < 1.29 is 9.90 Å². The molecule has 0 saturated carbocycles. The first-order chi connectivity index (χ1) is 9.69. The van der Waals surface area contributed by atoms with Crippen LogP contribution in [-0.4, -0.2) is 29.1 Å². The minimum atomic E-state index is -0.124. The standard InChI is InChI=1S/C14H17N3O2S/c1-11(19)15-14-16-12(10-20-14)9-17(7-8-18)13-5-3-2-4-6-13/h2-6,10,18H,7-9H2,1H3,(H,15,16,19). The Kier molecular flexibility index (Phi) is 5.09. The highest BCUT2D eigenvalue weighted by Gasteiger charge is 2.10. The number of hydrogen-bond donors (Lipinski definition) is 2. The molecule has 1 aromatic heterocycles. The van der Waals surface area contributed by atoms with Gasteiger partial charge in [-0.15, -0.1) is 11.3 Å². The first-order valence-electron chi connectivity index (χ1n) is 6.32. The Balaban J connectivity index is 2.08. The van der Waals surface area contributed by atoms with Crippen LogP contribution >= 0.6 is 11.3 Å². The smallest absolute Gasteiger partial charge is 0.223 e. The molecule has 0 saturated heterocycles. The SMILES string of the molecule is CC(=O)Nc1nc(CN(CCO)c2ccccc2)cs1. The fourth-order valence-corrected chi connectivity index (χ4v) is 2.59. The second-order valence-corrected chi connectivity index (χ2v) is 5.16. The molecule has 1 amide bonds.